The standard InChI is InChI=1S/C17H18N2O2/c1-2-9-19-16(20)11-15(17(19)21)18-14-8-7-12-5-3-4-6-13(12)10-14/h3-8,10,15,18H,2,9,11H2,1H3. The van der Waals surface area contributed by atoms with Gasteiger partial charge in [-0.25, -0.2) is 0 Å². The fourth-order valence-electron chi connectivity index (χ4n) is 2.73. The highest BCUT2D eigenvalue weighted by atomic mass is 16.2. The van der Waals surface area contributed by atoms with Crippen molar-refractivity contribution in [1.29, 1.82) is 0 Å². The quantitative estimate of drug-likeness (QED) is 0.877. The molecule has 1 heterocycles. The van der Waals surface area contributed by atoms with Gasteiger partial charge in [-0.3, -0.25) is 14.5 Å². The third-order valence-electron chi connectivity index (χ3n) is 3.78. The Morgan fingerprint density at radius 1 is 1.14 bits per heavy atom. The number of hydrogen-bond acceptors (Lipinski definition) is 3. The second-order valence-electron chi connectivity index (χ2n) is 5.35. The lowest BCUT2D eigenvalue weighted by atomic mass is 10.1. The molecule has 2 aromatic rings. The van der Waals surface area contributed by atoms with Crippen LogP contribution in [0.2, 0.25) is 0 Å². The molecule has 1 unspecified atom stereocenters. The molecule has 0 radical (unpaired) electrons. The van der Waals surface area contributed by atoms with Crippen molar-refractivity contribution >= 4 is 28.3 Å². The zero-order valence-electron chi connectivity index (χ0n) is 12.0. The third kappa shape index (κ3) is 2.61. The van der Waals surface area contributed by atoms with E-state index in [9.17, 15) is 9.59 Å². The smallest absolute Gasteiger partial charge is 0.252 e. The summed E-state index contributed by atoms with van der Waals surface area (Å²) in [4.78, 5) is 25.4. The van der Waals surface area contributed by atoms with Gasteiger partial charge in [0.2, 0.25) is 5.91 Å². The molecule has 108 valence electrons. The van der Waals surface area contributed by atoms with E-state index < -0.39 is 6.04 Å². The van der Waals surface area contributed by atoms with Crippen LogP contribution in [-0.4, -0.2) is 29.3 Å². The first kappa shape index (κ1) is 13.6. The Hall–Kier alpha value is -2.36. The van der Waals surface area contributed by atoms with Gasteiger partial charge in [-0.15, -0.1) is 0 Å². The molecule has 1 aliphatic heterocycles. The molecule has 0 bridgehead atoms. The molecule has 1 N–H and O–H groups in total. The molecule has 1 atom stereocenters. The number of anilines is 1. The largest absolute Gasteiger partial charge is 0.373 e. The average Bonchev–Trinajstić information content (AvgIpc) is 2.75. The van der Waals surface area contributed by atoms with Gasteiger partial charge in [0, 0.05) is 12.2 Å². The summed E-state index contributed by atoms with van der Waals surface area (Å²) in [6.45, 7) is 2.47. The molecule has 0 aliphatic carbocycles. The second kappa shape index (κ2) is 5.56. The third-order valence-corrected chi connectivity index (χ3v) is 3.78. The molecule has 2 aromatic carbocycles. The molecule has 0 saturated carbocycles. The van der Waals surface area contributed by atoms with Gasteiger partial charge in [-0.2, -0.15) is 0 Å². The van der Waals surface area contributed by atoms with E-state index in [-0.39, 0.29) is 18.2 Å². The van der Waals surface area contributed by atoms with Crippen LogP contribution in [0.1, 0.15) is 19.8 Å². The zero-order chi connectivity index (χ0) is 14.8. The molecule has 1 saturated heterocycles. The summed E-state index contributed by atoms with van der Waals surface area (Å²) in [6, 6.07) is 13.6. The number of likely N-dealkylation sites (tertiary alicyclic amines) is 1. The molecular formula is C17H18N2O2. The van der Waals surface area contributed by atoms with E-state index in [0.717, 1.165) is 22.9 Å². The highest BCUT2D eigenvalue weighted by molar-refractivity contribution is 6.07. The Morgan fingerprint density at radius 3 is 2.67 bits per heavy atom. The van der Waals surface area contributed by atoms with Crippen molar-refractivity contribution in [2.75, 3.05) is 11.9 Å². The number of carbonyl (C=O) groups is 2. The molecule has 0 spiro atoms. The van der Waals surface area contributed by atoms with Gasteiger partial charge in [-0.05, 0) is 29.3 Å². The van der Waals surface area contributed by atoms with Crippen molar-refractivity contribution in [3.63, 3.8) is 0 Å². The summed E-state index contributed by atoms with van der Waals surface area (Å²) in [5.74, 6) is -0.199. The maximum atomic E-state index is 12.2. The Morgan fingerprint density at radius 2 is 1.90 bits per heavy atom. The van der Waals surface area contributed by atoms with Gasteiger partial charge in [0.25, 0.3) is 5.91 Å². The van der Waals surface area contributed by atoms with E-state index in [1.165, 1.54) is 4.90 Å². The van der Waals surface area contributed by atoms with E-state index in [0.29, 0.717) is 6.54 Å². The van der Waals surface area contributed by atoms with Crippen molar-refractivity contribution < 1.29 is 9.59 Å². The van der Waals surface area contributed by atoms with Crippen LogP contribution in [0, 0.1) is 0 Å². The topological polar surface area (TPSA) is 49.4 Å². The molecule has 2 amide bonds. The summed E-state index contributed by atoms with van der Waals surface area (Å²) in [5.41, 5.74) is 0.873. The lowest BCUT2D eigenvalue weighted by molar-refractivity contribution is -0.138. The highest BCUT2D eigenvalue weighted by Gasteiger charge is 2.37. The van der Waals surface area contributed by atoms with Gasteiger partial charge in [0.05, 0.1) is 6.42 Å². The first-order chi connectivity index (χ1) is 10.2. The number of imide groups is 1. The van der Waals surface area contributed by atoms with Gasteiger partial charge < -0.3 is 5.32 Å². The second-order valence-corrected chi connectivity index (χ2v) is 5.35. The zero-order valence-corrected chi connectivity index (χ0v) is 12.0. The van der Waals surface area contributed by atoms with E-state index in [4.69, 9.17) is 0 Å². The first-order valence-electron chi connectivity index (χ1n) is 7.28. The fraction of sp³-hybridized carbons (Fsp3) is 0.294. The molecule has 4 heteroatoms. The summed E-state index contributed by atoms with van der Waals surface area (Å²) in [7, 11) is 0. The summed E-state index contributed by atoms with van der Waals surface area (Å²) in [5, 5.41) is 5.46. The number of fused-ring (bicyclic) bond motifs is 1. The first-order valence-corrected chi connectivity index (χ1v) is 7.28. The minimum Gasteiger partial charge on any atom is -0.373 e. The minimum atomic E-state index is -0.440. The normalized spacial score (nSPS) is 18.5. The molecule has 21 heavy (non-hydrogen) atoms. The maximum absolute atomic E-state index is 12.2. The van der Waals surface area contributed by atoms with Crippen molar-refractivity contribution in [3.8, 4) is 0 Å². The van der Waals surface area contributed by atoms with Gasteiger partial charge >= 0.3 is 0 Å². The number of nitrogens with one attached hydrogen (secondary N) is 1. The Kier molecular flexibility index (Phi) is 3.60. The van der Waals surface area contributed by atoms with Crippen LogP contribution in [0.15, 0.2) is 42.5 Å². The molecule has 3 rings (SSSR count). The molecule has 4 nitrogen and oxygen atoms in total. The Balaban J connectivity index is 1.79. The lowest BCUT2D eigenvalue weighted by Gasteiger charge is -2.15. The molecular weight excluding hydrogens is 264 g/mol. The predicted molar refractivity (Wildman–Crippen MR) is 83.0 cm³/mol. The fourth-order valence-corrected chi connectivity index (χ4v) is 2.73. The Labute approximate surface area is 123 Å². The van der Waals surface area contributed by atoms with Crippen LogP contribution in [0.4, 0.5) is 5.69 Å². The van der Waals surface area contributed by atoms with Crippen LogP contribution >= 0.6 is 0 Å². The van der Waals surface area contributed by atoms with Gasteiger partial charge in [0.1, 0.15) is 6.04 Å². The molecule has 1 aliphatic rings. The summed E-state index contributed by atoms with van der Waals surface area (Å²) < 4.78 is 0. The van der Waals surface area contributed by atoms with Crippen LogP contribution in [0.3, 0.4) is 0 Å². The number of rotatable bonds is 4. The number of hydrogen-bond donors (Lipinski definition) is 1. The van der Waals surface area contributed by atoms with Crippen molar-refractivity contribution in [2.45, 2.75) is 25.8 Å². The van der Waals surface area contributed by atoms with Gasteiger partial charge in [0.15, 0.2) is 0 Å². The van der Waals surface area contributed by atoms with Crippen LogP contribution in [-0.2, 0) is 9.59 Å². The van der Waals surface area contributed by atoms with Crippen LogP contribution in [0.5, 0.6) is 0 Å². The molecule has 0 aromatic heterocycles. The van der Waals surface area contributed by atoms with Crippen molar-refractivity contribution in [2.24, 2.45) is 0 Å². The highest BCUT2D eigenvalue weighted by Crippen LogP contribution is 2.22. The number of carbonyl (C=O) groups excluding carboxylic acids is 2. The van der Waals surface area contributed by atoms with E-state index in [1.54, 1.807) is 0 Å². The van der Waals surface area contributed by atoms with Crippen molar-refractivity contribution in [1.82, 2.24) is 4.90 Å². The maximum Gasteiger partial charge on any atom is 0.252 e. The summed E-state index contributed by atoms with van der Waals surface area (Å²) in [6.07, 6.45) is 1.03. The van der Waals surface area contributed by atoms with Gasteiger partial charge in [-0.1, -0.05) is 37.3 Å². The molecule has 1 fully saturated rings. The number of amides is 2. The predicted octanol–water partition coefficient (Wildman–Crippen LogP) is 2.79. The number of nitrogens with zero attached hydrogens (tertiary/aromatic N) is 1. The van der Waals surface area contributed by atoms with E-state index >= 15 is 0 Å². The lowest BCUT2D eigenvalue weighted by Crippen LogP contribution is -2.35. The van der Waals surface area contributed by atoms with Crippen LogP contribution in [0.25, 0.3) is 10.8 Å². The van der Waals surface area contributed by atoms with E-state index in [2.05, 4.69) is 5.32 Å². The SMILES string of the molecule is CCCN1C(=O)CC(Nc2ccc3ccccc3c2)C1=O. The van der Waals surface area contributed by atoms with Crippen molar-refractivity contribution in [3.05, 3.63) is 42.5 Å². The minimum absolute atomic E-state index is 0.0832. The monoisotopic (exact) mass is 282 g/mol. The summed E-state index contributed by atoms with van der Waals surface area (Å²) >= 11 is 0. The average molecular weight is 282 g/mol. The number of benzene rings is 2. The Bertz CT molecular complexity index is 696. The van der Waals surface area contributed by atoms with Crippen LogP contribution < -0.4 is 5.32 Å². The van der Waals surface area contributed by atoms with E-state index in [1.807, 2.05) is 49.4 Å².